The summed E-state index contributed by atoms with van der Waals surface area (Å²) in [4.78, 5) is 0. The van der Waals surface area contributed by atoms with Gasteiger partial charge in [-0.1, -0.05) is 6.92 Å². The maximum absolute atomic E-state index is 9.17. The van der Waals surface area contributed by atoms with E-state index in [4.69, 9.17) is 10.8 Å². The number of aliphatic hydroxyl groups excluding tert-OH is 1. The van der Waals surface area contributed by atoms with Crippen LogP contribution >= 0.6 is 0 Å². The van der Waals surface area contributed by atoms with Crippen molar-refractivity contribution in [1.29, 1.82) is 0 Å². The van der Waals surface area contributed by atoms with Crippen LogP contribution in [0.4, 0.5) is 0 Å². The third-order valence-corrected chi connectivity index (χ3v) is 2.65. The van der Waals surface area contributed by atoms with Crippen molar-refractivity contribution in [3.05, 3.63) is 18.0 Å². The van der Waals surface area contributed by atoms with Crippen LogP contribution in [0.2, 0.25) is 0 Å². The van der Waals surface area contributed by atoms with Crippen molar-refractivity contribution >= 4 is 0 Å². The second-order valence-electron chi connectivity index (χ2n) is 4.20. The highest BCUT2D eigenvalue weighted by molar-refractivity contribution is 5.04. The van der Waals surface area contributed by atoms with E-state index in [0.29, 0.717) is 6.54 Å². The first kappa shape index (κ1) is 11.2. The summed E-state index contributed by atoms with van der Waals surface area (Å²) in [5.74, 6) is 0. The number of aliphatic hydroxyl groups is 1. The van der Waals surface area contributed by atoms with E-state index in [1.165, 1.54) is 5.56 Å². The van der Waals surface area contributed by atoms with E-state index in [1.54, 1.807) is 4.68 Å². The molecule has 1 unspecified atom stereocenters. The molecule has 0 aliphatic heterocycles. The fourth-order valence-electron chi connectivity index (χ4n) is 1.29. The smallest absolute Gasteiger partial charge is 0.0521 e. The second kappa shape index (κ2) is 4.57. The lowest BCUT2D eigenvalue weighted by Crippen LogP contribution is -2.31. The third-order valence-electron chi connectivity index (χ3n) is 2.65. The average Bonchev–Trinajstić information content (AvgIpc) is 2.61. The van der Waals surface area contributed by atoms with E-state index >= 15 is 0 Å². The zero-order chi connectivity index (χ0) is 10.6. The lowest BCUT2D eigenvalue weighted by Gasteiger charge is -2.24. The first-order valence-corrected chi connectivity index (χ1v) is 4.88. The summed E-state index contributed by atoms with van der Waals surface area (Å²) in [5.41, 5.74) is 6.64. The normalized spacial score (nSPS) is 15.4. The highest BCUT2D eigenvalue weighted by Crippen LogP contribution is 2.21. The molecule has 14 heavy (non-hydrogen) atoms. The minimum absolute atomic E-state index is 0.143. The Labute approximate surface area is 84.7 Å². The van der Waals surface area contributed by atoms with Gasteiger partial charge < -0.3 is 10.8 Å². The molecule has 80 valence electrons. The number of hydrogen-bond donors (Lipinski definition) is 2. The Morgan fingerprint density at radius 2 is 2.36 bits per heavy atom. The Morgan fingerprint density at radius 3 is 2.79 bits per heavy atom. The molecule has 0 amide bonds. The molecule has 0 spiro atoms. The van der Waals surface area contributed by atoms with Crippen LogP contribution in [0.15, 0.2) is 12.4 Å². The maximum atomic E-state index is 9.17. The van der Waals surface area contributed by atoms with E-state index in [0.717, 1.165) is 12.8 Å². The predicted octanol–water partition coefficient (Wildman–Crippen LogP) is 0.310. The predicted molar refractivity (Wildman–Crippen MR) is 55.8 cm³/mol. The number of aromatic nitrogens is 2. The Morgan fingerprint density at radius 1 is 1.64 bits per heavy atom. The van der Waals surface area contributed by atoms with Crippen LogP contribution in [0, 0.1) is 5.41 Å². The molecule has 4 heteroatoms. The highest BCUT2D eigenvalue weighted by Gasteiger charge is 2.21. The summed E-state index contributed by atoms with van der Waals surface area (Å²) in [6.45, 7) is 2.66. The fraction of sp³-hybridized carbons (Fsp3) is 0.700. The Hall–Kier alpha value is -0.870. The van der Waals surface area contributed by atoms with Gasteiger partial charge >= 0.3 is 0 Å². The summed E-state index contributed by atoms with van der Waals surface area (Å²) in [7, 11) is 1.90. The molecule has 1 aromatic rings. The Kier molecular flexibility index (Phi) is 3.66. The van der Waals surface area contributed by atoms with Gasteiger partial charge in [-0.3, -0.25) is 4.68 Å². The molecule has 0 aliphatic carbocycles. The number of hydrogen-bond acceptors (Lipinski definition) is 3. The van der Waals surface area contributed by atoms with Crippen molar-refractivity contribution < 1.29 is 5.11 Å². The maximum Gasteiger partial charge on any atom is 0.0521 e. The summed E-state index contributed by atoms with van der Waals surface area (Å²) in [5, 5.41) is 13.3. The lowest BCUT2D eigenvalue weighted by atomic mass is 9.85. The van der Waals surface area contributed by atoms with Gasteiger partial charge in [-0.15, -0.1) is 0 Å². The van der Waals surface area contributed by atoms with Gasteiger partial charge in [-0.2, -0.15) is 5.10 Å². The molecule has 1 heterocycles. The van der Waals surface area contributed by atoms with E-state index in [9.17, 15) is 0 Å². The van der Waals surface area contributed by atoms with E-state index < -0.39 is 0 Å². The molecule has 4 nitrogen and oxygen atoms in total. The first-order valence-electron chi connectivity index (χ1n) is 4.88. The van der Waals surface area contributed by atoms with Crippen molar-refractivity contribution in [3.8, 4) is 0 Å². The third kappa shape index (κ3) is 2.82. The number of rotatable bonds is 5. The lowest BCUT2D eigenvalue weighted by molar-refractivity contribution is 0.140. The number of aryl methyl sites for hydroxylation is 2. The van der Waals surface area contributed by atoms with Crippen molar-refractivity contribution in [2.75, 3.05) is 13.2 Å². The standard InChI is InChI=1S/C10H19N3O/c1-10(7-11,8-14)4-3-9-5-12-13(2)6-9/h5-6,14H,3-4,7-8,11H2,1-2H3. The molecule has 0 bridgehead atoms. The van der Waals surface area contributed by atoms with E-state index in [-0.39, 0.29) is 12.0 Å². The summed E-state index contributed by atoms with van der Waals surface area (Å²) >= 11 is 0. The molecule has 3 N–H and O–H groups in total. The molecular weight excluding hydrogens is 178 g/mol. The topological polar surface area (TPSA) is 64.1 Å². The van der Waals surface area contributed by atoms with Crippen molar-refractivity contribution in [1.82, 2.24) is 9.78 Å². The molecule has 1 atom stereocenters. The number of nitrogens with two attached hydrogens (primary N) is 1. The van der Waals surface area contributed by atoms with Crippen LogP contribution in [-0.2, 0) is 13.5 Å². The van der Waals surface area contributed by atoms with Gasteiger partial charge in [0.2, 0.25) is 0 Å². The molecule has 0 radical (unpaired) electrons. The van der Waals surface area contributed by atoms with Crippen LogP contribution < -0.4 is 5.73 Å². The molecular formula is C10H19N3O. The van der Waals surface area contributed by atoms with Gasteiger partial charge in [0.05, 0.1) is 6.20 Å². The molecule has 0 fully saturated rings. The minimum atomic E-state index is -0.157. The van der Waals surface area contributed by atoms with E-state index in [1.807, 2.05) is 26.4 Å². The largest absolute Gasteiger partial charge is 0.396 e. The van der Waals surface area contributed by atoms with Crippen molar-refractivity contribution in [3.63, 3.8) is 0 Å². The quantitative estimate of drug-likeness (QED) is 0.714. The van der Waals surface area contributed by atoms with Gasteiger partial charge in [0.25, 0.3) is 0 Å². The highest BCUT2D eigenvalue weighted by atomic mass is 16.3. The Balaban J connectivity index is 2.47. The fourth-order valence-corrected chi connectivity index (χ4v) is 1.29. The first-order chi connectivity index (χ1) is 6.59. The molecule has 1 rings (SSSR count). The Bertz CT molecular complexity index is 279. The monoisotopic (exact) mass is 197 g/mol. The molecule has 0 aromatic carbocycles. The molecule has 0 aliphatic rings. The van der Waals surface area contributed by atoms with Crippen LogP contribution in [0.3, 0.4) is 0 Å². The summed E-state index contributed by atoms with van der Waals surface area (Å²) < 4.78 is 1.79. The minimum Gasteiger partial charge on any atom is -0.396 e. The molecule has 0 saturated heterocycles. The van der Waals surface area contributed by atoms with Crippen LogP contribution in [0.25, 0.3) is 0 Å². The van der Waals surface area contributed by atoms with Crippen LogP contribution in [0.5, 0.6) is 0 Å². The summed E-state index contributed by atoms with van der Waals surface area (Å²) in [6.07, 6.45) is 5.66. The SMILES string of the molecule is Cn1cc(CCC(C)(CN)CO)cn1. The van der Waals surface area contributed by atoms with Gasteiger partial charge in [-0.25, -0.2) is 0 Å². The van der Waals surface area contributed by atoms with Crippen LogP contribution in [-0.4, -0.2) is 28.0 Å². The summed E-state index contributed by atoms with van der Waals surface area (Å²) in [6, 6.07) is 0. The van der Waals surface area contributed by atoms with Gasteiger partial charge in [0.1, 0.15) is 0 Å². The second-order valence-corrected chi connectivity index (χ2v) is 4.20. The molecule has 1 aromatic heterocycles. The molecule has 0 saturated carbocycles. The average molecular weight is 197 g/mol. The van der Waals surface area contributed by atoms with Crippen molar-refractivity contribution in [2.24, 2.45) is 18.2 Å². The van der Waals surface area contributed by atoms with Gasteiger partial charge in [-0.05, 0) is 24.9 Å². The van der Waals surface area contributed by atoms with E-state index in [2.05, 4.69) is 5.10 Å². The van der Waals surface area contributed by atoms with Crippen molar-refractivity contribution in [2.45, 2.75) is 19.8 Å². The van der Waals surface area contributed by atoms with Gasteiger partial charge in [0.15, 0.2) is 0 Å². The number of nitrogens with zero attached hydrogens (tertiary/aromatic N) is 2. The zero-order valence-electron chi connectivity index (χ0n) is 8.90. The van der Waals surface area contributed by atoms with Crippen LogP contribution in [0.1, 0.15) is 18.9 Å². The van der Waals surface area contributed by atoms with Gasteiger partial charge in [0, 0.05) is 25.3 Å². The zero-order valence-corrected chi connectivity index (χ0v) is 8.90.